The molecule has 33 heavy (non-hydrogen) atoms. The van der Waals surface area contributed by atoms with Crippen LogP contribution in [0.1, 0.15) is 38.2 Å². The lowest BCUT2D eigenvalue weighted by atomic mass is 9.86. The Morgan fingerprint density at radius 1 is 1.09 bits per heavy atom. The Bertz CT molecular complexity index is 1050. The molecule has 0 bridgehead atoms. The monoisotopic (exact) mass is 464 g/mol. The van der Waals surface area contributed by atoms with Crippen molar-refractivity contribution in [2.24, 2.45) is 5.92 Å². The van der Waals surface area contributed by atoms with Gasteiger partial charge in [0.15, 0.2) is 11.0 Å². The molecule has 6 nitrogen and oxygen atoms in total. The van der Waals surface area contributed by atoms with E-state index < -0.39 is 0 Å². The summed E-state index contributed by atoms with van der Waals surface area (Å²) < 4.78 is 7.67. The Kier molecular flexibility index (Phi) is 8.05. The number of carbonyl (C=O) groups excluding carboxylic acids is 1. The molecule has 0 aliphatic heterocycles. The van der Waals surface area contributed by atoms with Crippen molar-refractivity contribution >= 4 is 17.7 Å². The number of methoxy groups -OCH3 is 1. The van der Waals surface area contributed by atoms with Gasteiger partial charge in [0, 0.05) is 12.6 Å². The lowest BCUT2D eigenvalue weighted by molar-refractivity contribution is -0.119. The van der Waals surface area contributed by atoms with Crippen molar-refractivity contribution in [2.75, 3.05) is 12.9 Å². The van der Waals surface area contributed by atoms with Gasteiger partial charge in [-0.2, -0.15) is 0 Å². The summed E-state index contributed by atoms with van der Waals surface area (Å²) in [7, 11) is 1.66. The average Bonchev–Trinajstić information content (AvgIpc) is 3.26. The minimum atomic E-state index is 0.0650. The van der Waals surface area contributed by atoms with E-state index in [1.54, 1.807) is 7.11 Å². The second-order valence-corrected chi connectivity index (χ2v) is 9.56. The van der Waals surface area contributed by atoms with Crippen molar-refractivity contribution < 1.29 is 9.53 Å². The SMILES string of the molecule is COc1ccccc1-c1nnc(SCC(=O)NC2CCCCC2C)n1CCc1ccccc1. The molecule has 0 radical (unpaired) electrons. The summed E-state index contributed by atoms with van der Waals surface area (Å²) in [4.78, 5) is 12.7. The number of para-hydroxylation sites is 1. The number of ether oxygens (including phenoxy) is 1. The highest BCUT2D eigenvalue weighted by atomic mass is 32.2. The van der Waals surface area contributed by atoms with Gasteiger partial charge >= 0.3 is 0 Å². The van der Waals surface area contributed by atoms with Crippen LogP contribution in [0.15, 0.2) is 59.8 Å². The highest BCUT2D eigenvalue weighted by molar-refractivity contribution is 7.99. The lowest BCUT2D eigenvalue weighted by Gasteiger charge is -2.29. The average molecular weight is 465 g/mol. The van der Waals surface area contributed by atoms with Crippen molar-refractivity contribution in [3.8, 4) is 17.1 Å². The van der Waals surface area contributed by atoms with Gasteiger partial charge in [-0.1, -0.05) is 74.0 Å². The minimum Gasteiger partial charge on any atom is -0.496 e. The van der Waals surface area contributed by atoms with E-state index in [1.807, 2.05) is 30.3 Å². The van der Waals surface area contributed by atoms with Crippen LogP contribution in [0, 0.1) is 5.92 Å². The van der Waals surface area contributed by atoms with E-state index in [0.29, 0.717) is 18.2 Å². The number of thioether (sulfide) groups is 1. The molecule has 1 aliphatic rings. The van der Waals surface area contributed by atoms with Crippen molar-refractivity contribution in [3.63, 3.8) is 0 Å². The molecule has 0 saturated heterocycles. The largest absolute Gasteiger partial charge is 0.496 e. The van der Waals surface area contributed by atoms with E-state index in [2.05, 4.69) is 51.3 Å². The first kappa shape index (κ1) is 23.4. The van der Waals surface area contributed by atoms with Crippen LogP contribution < -0.4 is 10.1 Å². The molecule has 1 N–H and O–H groups in total. The van der Waals surface area contributed by atoms with Gasteiger partial charge in [-0.25, -0.2) is 0 Å². The van der Waals surface area contributed by atoms with E-state index in [0.717, 1.165) is 35.1 Å². The van der Waals surface area contributed by atoms with E-state index in [1.165, 1.54) is 36.6 Å². The molecule has 0 spiro atoms. The highest BCUT2D eigenvalue weighted by Gasteiger charge is 2.23. The number of aromatic nitrogens is 3. The zero-order valence-corrected chi connectivity index (χ0v) is 20.2. The van der Waals surface area contributed by atoms with Gasteiger partial charge in [-0.05, 0) is 42.9 Å². The number of nitrogens with one attached hydrogen (secondary N) is 1. The molecule has 1 fully saturated rings. The third-order valence-corrected chi connectivity index (χ3v) is 7.29. The molecular formula is C26H32N4O2S. The van der Waals surface area contributed by atoms with Crippen LogP contribution in [0.4, 0.5) is 0 Å². The summed E-state index contributed by atoms with van der Waals surface area (Å²) >= 11 is 1.45. The summed E-state index contributed by atoms with van der Waals surface area (Å²) in [6.45, 7) is 2.95. The maximum Gasteiger partial charge on any atom is 0.230 e. The number of hydrogen-bond acceptors (Lipinski definition) is 5. The number of carbonyl (C=O) groups is 1. The summed E-state index contributed by atoms with van der Waals surface area (Å²) in [5.74, 6) is 2.45. The van der Waals surface area contributed by atoms with Gasteiger partial charge in [0.25, 0.3) is 0 Å². The molecule has 1 amide bonds. The fraction of sp³-hybridized carbons (Fsp3) is 0.423. The summed E-state index contributed by atoms with van der Waals surface area (Å²) in [5.41, 5.74) is 2.14. The fourth-order valence-electron chi connectivity index (χ4n) is 4.42. The third-order valence-electron chi connectivity index (χ3n) is 6.32. The van der Waals surface area contributed by atoms with Crippen LogP contribution in [-0.4, -0.2) is 39.6 Å². The number of amides is 1. The highest BCUT2D eigenvalue weighted by Crippen LogP contribution is 2.31. The predicted octanol–water partition coefficient (Wildman–Crippen LogP) is 4.98. The Balaban J connectivity index is 1.51. The maximum atomic E-state index is 12.7. The molecule has 1 saturated carbocycles. The molecule has 2 aromatic carbocycles. The number of hydrogen-bond donors (Lipinski definition) is 1. The Morgan fingerprint density at radius 2 is 1.85 bits per heavy atom. The predicted molar refractivity (Wildman–Crippen MR) is 132 cm³/mol. The van der Waals surface area contributed by atoms with Crippen LogP contribution in [0.5, 0.6) is 5.75 Å². The zero-order chi connectivity index (χ0) is 23.0. The molecule has 2 atom stereocenters. The van der Waals surface area contributed by atoms with Gasteiger partial charge < -0.3 is 14.6 Å². The first-order valence-corrected chi connectivity index (χ1v) is 12.7. The lowest BCUT2D eigenvalue weighted by Crippen LogP contribution is -2.41. The van der Waals surface area contributed by atoms with Crippen molar-refractivity contribution in [2.45, 2.75) is 56.8 Å². The van der Waals surface area contributed by atoms with Gasteiger partial charge in [-0.15, -0.1) is 10.2 Å². The van der Waals surface area contributed by atoms with Crippen molar-refractivity contribution in [1.29, 1.82) is 0 Å². The second kappa shape index (κ2) is 11.4. The normalized spacial score (nSPS) is 18.1. The summed E-state index contributed by atoms with van der Waals surface area (Å²) in [5, 5.41) is 12.9. The molecule has 4 rings (SSSR count). The number of rotatable bonds is 9. The molecule has 3 aromatic rings. The van der Waals surface area contributed by atoms with Crippen LogP contribution in [0.2, 0.25) is 0 Å². The number of benzene rings is 2. The summed E-state index contributed by atoms with van der Waals surface area (Å²) in [6.07, 6.45) is 5.56. The minimum absolute atomic E-state index is 0.0650. The van der Waals surface area contributed by atoms with Gasteiger partial charge in [0.05, 0.1) is 18.4 Å². The third kappa shape index (κ3) is 5.96. The molecule has 1 aliphatic carbocycles. The maximum absolute atomic E-state index is 12.7. The van der Waals surface area contributed by atoms with Crippen LogP contribution >= 0.6 is 11.8 Å². The van der Waals surface area contributed by atoms with Crippen LogP contribution in [0.3, 0.4) is 0 Å². The zero-order valence-electron chi connectivity index (χ0n) is 19.4. The van der Waals surface area contributed by atoms with Gasteiger partial charge in [-0.3, -0.25) is 4.79 Å². The smallest absolute Gasteiger partial charge is 0.230 e. The number of nitrogens with zero attached hydrogens (tertiary/aromatic N) is 3. The Hall–Kier alpha value is -2.80. The standard InChI is InChI=1S/C26H32N4O2S/c1-19-10-6-8-14-22(19)27-24(31)18-33-26-29-28-25(21-13-7-9-15-23(21)32-2)30(26)17-16-20-11-4-3-5-12-20/h3-5,7,9,11-13,15,19,22H,6,8,10,14,16-18H2,1-2H3,(H,27,31). The van der Waals surface area contributed by atoms with Crippen molar-refractivity contribution in [1.82, 2.24) is 20.1 Å². The Morgan fingerprint density at radius 3 is 2.64 bits per heavy atom. The number of aryl methyl sites for hydroxylation is 1. The van der Waals surface area contributed by atoms with Crippen molar-refractivity contribution in [3.05, 3.63) is 60.2 Å². The van der Waals surface area contributed by atoms with Crippen LogP contribution in [-0.2, 0) is 17.8 Å². The van der Waals surface area contributed by atoms with E-state index >= 15 is 0 Å². The molecular weight excluding hydrogens is 432 g/mol. The van der Waals surface area contributed by atoms with Gasteiger partial charge in [0.2, 0.25) is 5.91 Å². The first-order chi connectivity index (χ1) is 16.2. The van der Waals surface area contributed by atoms with E-state index in [4.69, 9.17) is 4.74 Å². The fourth-order valence-corrected chi connectivity index (χ4v) is 5.20. The molecule has 174 valence electrons. The van der Waals surface area contributed by atoms with E-state index in [-0.39, 0.29) is 11.9 Å². The second-order valence-electron chi connectivity index (χ2n) is 8.62. The summed E-state index contributed by atoms with van der Waals surface area (Å²) in [6, 6.07) is 18.5. The molecule has 1 heterocycles. The van der Waals surface area contributed by atoms with E-state index in [9.17, 15) is 4.79 Å². The molecule has 2 unspecified atom stereocenters. The van der Waals surface area contributed by atoms with Crippen LogP contribution in [0.25, 0.3) is 11.4 Å². The van der Waals surface area contributed by atoms with Gasteiger partial charge in [0.1, 0.15) is 5.75 Å². The topological polar surface area (TPSA) is 69.0 Å². The molecule has 1 aromatic heterocycles. The first-order valence-electron chi connectivity index (χ1n) is 11.7. The molecule has 7 heteroatoms. The quantitative estimate of drug-likeness (QED) is 0.452. The Labute approximate surface area is 200 Å².